The summed E-state index contributed by atoms with van der Waals surface area (Å²) in [6.45, 7) is 3.54. The molecule has 1 aliphatic rings. The van der Waals surface area contributed by atoms with Gasteiger partial charge in [-0.25, -0.2) is 14.8 Å². The third kappa shape index (κ3) is 2.64. The highest BCUT2D eigenvalue weighted by molar-refractivity contribution is 5.89. The lowest BCUT2D eigenvalue weighted by molar-refractivity contribution is 0.0517. The van der Waals surface area contributed by atoms with E-state index in [0.29, 0.717) is 30.4 Å². The Balaban J connectivity index is 2.10. The maximum Gasteiger partial charge on any atom is 0.357 e. The highest BCUT2D eigenvalue weighted by Crippen LogP contribution is 2.21. The summed E-state index contributed by atoms with van der Waals surface area (Å²) < 4.78 is 6.79. The van der Waals surface area contributed by atoms with E-state index < -0.39 is 5.97 Å². The fourth-order valence-electron chi connectivity index (χ4n) is 2.36. The first-order chi connectivity index (χ1) is 10.2. The fraction of sp³-hybridized carbons (Fsp3) is 0.429. The van der Waals surface area contributed by atoms with Crippen molar-refractivity contribution in [2.24, 2.45) is 7.05 Å². The van der Waals surface area contributed by atoms with Crippen LogP contribution >= 0.6 is 0 Å². The molecule has 21 heavy (non-hydrogen) atoms. The normalized spacial score (nSPS) is 13.8. The van der Waals surface area contributed by atoms with Crippen molar-refractivity contribution < 1.29 is 9.53 Å². The quantitative estimate of drug-likeness (QED) is 0.837. The van der Waals surface area contributed by atoms with Crippen LogP contribution in [-0.4, -0.2) is 38.9 Å². The fourth-order valence-corrected chi connectivity index (χ4v) is 2.36. The van der Waals surface area contributed by atoms with E-state index in [1.165, 1.54) is 0 Å². The number of nitrogens with zero attached hydrogens (tertiary/aromatic N) is 4. The van der Waals surface area contributed by atoms with Gasteiger partial charge in [0.2, 0.25) is 0 Å². The number of esters is 1. The van der Waals surface area contributed by atoms with Crippen LogP contribution in [0.3, 0.4) is 0 Å². The number of hydrogen-bond acceptors (Lipinski definition) is 6. The zero-order chi connectivity index (χ0) is 14.8. The van der Waals surface area contributed by atoms with Gasteiger partial charge in [0.05, 0.1) is 12.3 Å². The molecule has 0 unspecified atom stereocenters. The zero-order valence-corrected chi connectivity index (χ0v) is 12.1. The van der Waals surface area contributed by atoms with Crippen molar-refractivity contribution in [3.05, 3.63) is 29.2 Å². The molecule has 3 rings (SSSR count). The number of carbonyl (C=O) groups is 1. The summed E-state index contributed by atoms with van der Waals surface area (Å²) >= 11 is 0. The monoisotopic (exact) mass is 287 g/mol. The lowest BCUT2D eigenvalue weighted by Gasteiger charge is -2.18. The summed E-state index contributed by atoms with van der Waals surface area (Å²) in [4.78, 5) is 21.1. The average molecular weight is 287 g/mol. The standard InChI is InChI=1S/C14H17N5O2/c1-3-21-14(20)12-9-8-15-6-4-10(9)16-13(17-12)11-5-7-19(2)18-11/h5,7,15H,3-4,6,8H2,1-2H3. The van der Waals surface area contributed by atoms with Crippen LogP contribution < -0.4 is 5.32 Å². The SMILES string of the molecule is CCOC(=O)c1nc(-c2ccn(C)n2)nc2c1CNCC2. The van der Waals surface area contributed by atoms with E-state index in [-0.39, 0.29) is 0 Å². The molecule has 7 heteroatoms. The van der Waals surface area contributed by atoms with E-state index in [0.717, 1.165) is 24.2 Å². The smallest absolute Gasteiger partial charge is 0.357 e. The molecule has 1 aliphatic heterocycles. The summed E-state index contributed by atoms with van der Waals surface area (Å²) in [6.07, 6.45) is 2.59. The van der Waals surface area contributed by atoms with Crippen molar-refractivity contribution in [3.63, 3.8) is 0 Å². The van der Waals surface area contributed by atoms with Gasteiger partial charge in [0.1, 0.15) is 5.69 Å². The zero-order valence-electron chi connectivity index (χ0n) is 12.1. The maximum atomic E-state index is 12.1. The molecule has 0 aromatic carbocycles. The van der Waals surface area contributed by atoms with Gasteiger partial charge < -0.3 is 10.1 Å². The van der Waals surface area contributed by atoms with Gasteiger partial charge >= 0.3 is 5.97 Å². The Morgan fingerprint density at radius 1 is 1.48 bits per heavy atom. The molecule has 7 nitrogen and oxygen atoms in total. The van der Waals surface area contributed by atoms with E-state index >= 15 is 0 Å². The Morgan fingerprint density at radius 2 is 2.33 bits per heavy atom. The molecule has 2 aromatic heterocycles. The van der Waals surface area contributed by atoms with Gasteiger partial charge in [-0.2, -0.15) is 5.10 Å². The molecule has 0 saturated carbocycles. The minimum Gasteiger partial charge on any atom is -0.461 e. The summed E-state index contributed by atoms with van der Waals surface area (Å²) in [5, 5.41) is 7.53. The molecule has 0 bridgehead atoms. The first kappa shape index (κ1) is 13.7. The highest BCUT2D eigenvalue weighted by Gasteiger charge is 2.23. The van der Waals surface area contributed by atoms with E-state index in [4.69, 9.17) is 4.74 Å². The molecule has 3 heterocycles. The predicted octanol–water partition coefficient (Wildman–Crippen LogP) is 0.699. The second kappa shape index (κ2) is 5.61. The second-order valence-electron chi connectivity index (χ2n) is 4.84. The van der Waals surface area contributed by atoms with Gasteiger partial charge in [-0.3, -0.25) is 4.68 Å². The van der Waals surface area contributed by atoms with Crippen LogP contribution in [-0.2, 0) is 24.8 Å². The van der Waals surface area contributed by atoms with Crippen LogP contribution in [0.1, 0.15) is 28.7 Å². The van der Waals surface area contributed by atoms with E-state index in [1.807, 2.05) is 19.3 Å². The number of carbonyl (C=O) groups excluding carboxylic acids is 1. The summed E-state index contributed by atoms with van der Waals surface area (Å²) in [7, 11) is 1.83. The Kier molecular flexibility index (Phi) is 3.66. The highest BCUT2D eigenvalue weighted by atomic mass is 16.5. The molecule has 0 amide bonds. The van der Waals surface area contributed by atoms with Gasteiger partial charge in [-0.05, 0) is 13.0 Å². The summed E-state index contributed by atoms with van der Waals surface area (Å²) in [5.41, 5.74) is 2.73. The first-order valence-electron chi connectivity index (χ1n) is 6.96. The van der Waals surface area contributed by atoms with Crippen LogP contribution in [0.5, 0.6) is 0 Å². The number of nitrogens with one attached hydrogen (secondary N) is 1. The lowest BCUT2D eigenvalue weighted by Crippen LogP contribution is -2.28. The van der Waals surface area contributed by atoms with E-state index in [1.54, 1.807) is 11.6 Å². The van der Waals surface area contributed by atoms with Gasteiger partial charge in [-0.1, -0.05) is 0 Å². The molecular weight excluding hydrogens is 270 g/mol. The molecule has 0 radical (unpaired) electrons. The van der Waals surface area contributed by atoms with Crippen molar-refractivity contribution in [1.29, 1.82) is 0 Å². The number of aryl methyl sites for hydroxylation is 1. The third-order valence-electron chi connectivity index (χ3n) is 3.34. The van der Waals surface area contributed by atoms with E-state index in [2.05, 4.69) is 20.4 Å². The largest absolute Gasteiger partial charge is 0.461 e. The number of hydrogen-bond donors (Lipinski definition) is 1. The molecule has 110 valence electrons. The molecule has 0 spiro atoms. The van der Waals surface area contributed by atoms with Crippen molar-refractivity contribution in [2.45, 2.75) is 19.9 Å². The summed E-state index contributed by atoms with van der Waals surface area (Å²) in [5.74, 6) is 0.0661. The lowest BCUT2D eigenvalue weighted by atomic mass is 10.0. The van der Waals surface area contributed by atoms with Crippen molar-refractivity contribution in [1.82, 2.24) is 25.1 Å². The Morgan fingerprint density at radius 3 is 3.05 bits per heavy atom. The first-order valence-corrected chi connectivity index (χ1v) is 6.96. The molecule has 0 fully saturated rings. The molecule has 1 N–H and O–H groups in total. The van der Waals surface area contributed by atoms with Crippen LogP contribution in [0.4, 0.5) is 0 Å². The number of fused-ring (bicyclic) bond motifs is 1. The van der Waals surface area contributed by atoms with Gasteiger partial charge in [-0.15, -0.1) is 0 Å². The maximum absolute atomic E-state index is 12.1. The van der Waals surface area contributed by atoms with Gasteiger partial charge in [0.15, 0.2) is 11.5 Å². The molecular formula is C14H17N5O2. The molecule has 0 aliphatic carbocycles. The Bertz CT molecular complexity index is 680. The number of ether oxygens (including phenoxy) is 1. The minimum absolute atomic E-state index is 0.323. The molecule has 0 atom stereocenters. The van der Waals surface area contributed by atoms with Crippen LogP contribution in [0.15, 0.2) is 12.3 Å². The second-order valence-corrected chi connectivity index (χ2v) is 4.84. The number of aromatic nitrogens is 4. The predicted molar refractivity (Wildman–Crippen MR) is 75.6 cm³/mol. The van der Waals surface area contributed by atoms with Crippen LogP contribution in [0.25, 0.3) is 11.5 Å². The van der Waals surface area contributed by atoms with Crippen molar-refractivity contribution >= 4 is 5.97 Å². The topological polar surface area (TPSA) is 81.9 Å². The number of rotatable bonds is 3. The average Bonchev–Trinajstić information content (AvgIpc) is 2.93. The Hall–Kier alpha value is -2.28. The van der Waals surface area contributed by atoms with Crippen LogP contribution in [0.2, 0.25) is 0 Å². The summed E-state index contributed by atoms with van der Waals surface area (Å²) in [6, 6.07) is 1.83. The van der Waals surface area contributed by atoms with E-state index in [9.17, 15) is 4.79 Å². The minimum atomic E-state index is -0.406. The van der Waals surface area contributed by atoms with Gasteiger partial charge in [0.25, 0.3) is 0 Å². The van der Waals surface area contributed by atoms with Crippen molar-refractivity contribution in [2.75, 3.05) is 13.2 Å². The molecule has 0 saturated heterocycles. The third-order valence-corrected chi connectivity index (χ3v) is 3.34. The Labute approximate surface area is 122 Å². The molecule has 2 aromatic rings. The van der Waals surface area contributed by atoms with Gasteiger partial charge in [0, 0.05) is 38.3 Å². The van der Waals surface area contributed by atoms with Crippen molar-refractivity contribution in [3.8, 4) is 11.5 Å². The van der Waals surface area contributed by atoms with Crippen LogP contribution in [0, 0.1) is 0 Å².